The molecule has 0 spiro atoms. The predicted octanol–water partition coefficient (Wildman–Crippen LogP) is 4.99. The number of nitrogens with zero attached hydrogens (tertiary/aromatic N) is 1. The van der Waals surface area contributed by atoms with Gasteiger partial charge in [0.15, 0.2) is 0 Å². The van der Waals surface area contributed by atoms with E-state index in [0.717, 1.165) is 30.1 Å². The van der Waals surface area contributed by atoms with Gasteiger partial charge in [0.05, 0.1) is 18.5 Å². The minimum Gasteiger partial charge on any atom is -0.491 e. The van der Waals surface area contributed by atoms with E-state index in [2.05, 4.69) is 10.3 Å². The summed E-state index contributed by atoms with van der Waals surface area (Å²) in [5, 5.41) is 4.85. The monoisotopic (exact) mass is 368 g/mol. The Morgan fingerprint density at radius 1 is 1.19 bits per heavy atom. The number of nitrogens with one attached hydrogen (secondary N) is 1. The molecular formula is C21H24N2O2S. The third kappa shape index (κ3) is 3.02. The van der Waals surface area contributed by atoms with Crippen LogP contribution in [0.2, 0.25) is 0 Å². The molecule has 4 fully saturated rings. The molecular weight excluding hydrogens is 344 g/mol. The van der Waals surface area contributed by atoms with E-state index in [1.807, 2.05) is 23.6 Å². The average molecular weight is 369 g/mol. The smallest absolute Gasteiger partial charge is 0.269 e. The second-order valence-corrected chi connectivity index (χ2v) is 9.43. The van der Waals surface area contributed by atoms with Gasteiger partial charge in [-0.3, -0.25) is 9.78 Å². The van der Waals surface area contributed by atoms with Crippen LogP contribution in [-0.4, -0.2) is 17.5 Å². The number of rotatable bonds is 5. The molecule has 26 heavy (non-hydrogen) atoms. The van der Waals surface area contributed by atoms with E-state index in [1.165, 1.54) is 49.9 Å². The van der Waals surface area contributed by atoms with Gasteiger partial charge < -0.3 is 10.1 Å². The van der Waals surface area contributed by atoms with Crippen molar-refractivity contribution in [3.8, 4) is 5.75 Å². The third-order valence-electron chi connectivity index (χ3n) is 6.45. The van der Waals surface area contributed by atoms with Crippen LogP contribution in [0.25, 0.3) is 0 Å². The highest BCUT2D eigenvalue weighted by Gasteiger charge is 2.51. The maximum absolute atomic E-state index is 12.6. The van der Waals surface area contributed by atoms with Crippen molar-refractivity contribution < 1.29 is 9.53 Å². The topological polar surface area (TPSA) is 51.2 Å². The second kappa shape index (κ2) is 6.38. The molecule has 4 saturated carbocycles. The molecule has 0 aliphatic heterocycles. The number of carbonyl (C=O) groups is 1. The molecule has 4 nitrogen and oxygen atoms in total. The molecule has 2 aromatic heterocycles. The zero-order valence-electron chi connectivity index (χ0n) is 14.8. The molecule has 0 unspecified atom stereocenters. The molecule has 1 amide bonds. The van der Waals surface area contributed by atoms with Crippen molar-refractivity contribution in [1.82, 2.24) is 4.98 Å². The minimum absolute atomic E-state index is 0.117. The standard InChI is InChI=1S/C21H24N2O2S/c24-20(23-17-2-1-4-22-12-17)19-18(3-5-26-19)25-13-21-9-14-6-15(10-21)8-16(7-14)11-21/h1-5,12,14-16H,6-11,13H2,(H,23,24). The van der Waals surface area contributed by atoms with E-state index in [1.54, 1.807) is 12.4 Å². The largest absolute Gasteiger partial charge is 0.491 e. The number of amides is 1. The Hall–Kier alpha value is -1.88. The van der Waals surface area contributed by atoms with Crippen molar-refractivity contribution in [2.45, 2.75) is 38.5 Å². The van der Waals surface area contributed by atoms with E-state index < -0.39 is 0 Å². The van der Waals surface area contributed by atoms with E-state index in [4.69, 9.17) is 4.74 Å². The Balaban J connectivity index is 1.27. The Labute approximate surface area is 158 Å². The first-order valence-electron chi connectivity index (χ1n) is 9.61. The minimum atomic E-state index is -0.117. The van der Waals surface area contributed by atoms with Crippen LogP contribution in [0.1, 0.15) is 48.2 Å². The van der Waals surface area contributed by atoms with Crippen LogP contribution < -0.4 is 10.1 Å². The molecule has 0 atom stereocenters. The zero-order chi connectivity index (χ0) is 17.6. The highest BCUT2D eigenvalue weighted by atomic mass is 32.1. The van der Waals surface area contributed by atoms with Gasteiger partial charge in [0.25, 0.3) is 5.91 Å². The fourth-order valence-electron chi connectivity index (χ4n) is 5.90. The summed E-state index contributed by atoms with van der Waals surface area (Å²) >= 11 is 1.44. The van der Waals surface area contributed by atoms with E-state index in [9.17, 15) is 4.79 Å². The van der Waals surface area contributed by atoms with E-state index in [0.29, 0.717) is 16.0 Å². The van der Waals surface area contributed by atoms with Crippen LogP contribution in [0.4, 0.5) is 5.69 Å². The molecule has 0 radical (unpaired) electrons. The van der Waals surface area contributed by atoms with Gasteiger partial charge in [-0.1, -0.05) is 0 Å². The van der Waals surface area contributed by atoms with Crippen LogP contribution in [0.5, 0.6) is 5.75 Å². The second-order valence-electron chi connectivity index (χ2n) is 8.52. The fraction of sp³-hybridized carbons (Fsp3) is 0.524. The van der Waals surface area contributed by atoms with Crippen molar-refractivity contribution in [2.24, 2.45) is 23.2 Å². The lowest BCUT2D eigenvalue weighted by Crippen LogP contribution is -2.48. The summed E-state index contributed by atoms with van der Waals surface area (Å²) in [5.74, 6) is 3.36. The van der Waals surface area contributed by atoms with Crippen LogP contribution in [0.15, 0.2) is 36.0 Å². The lowest BCUT2D eigenvalue weighted by atomic mass is 9.50. The van der Waals surface area contributed by atoms with E-state index in [-0.39, 0.29) is 5.91 Å². The maximum Gasteiger partial charge on any atom is 0.269 e. The Kier molecular flexibility index (Phi) is 4.00. The lowest BCUT2D eigenvalue weighted by Gasteiger charge is -2.56. The number of ether oxygens (including phenoxy) is 1. The quantitative estimate of drug-likeness (QED) is 0.809. The Morgan fingerprint density at radius 3 is 2.58 bits per heavy atom. The van der Waals surface area contributed by atoms with Crippen LogP contribution >= 0.6 is 11.3 Å². The van der Waals surface area contributed by atoms with Crippen molar-refractivity contribution >= 4 is 22.9 Å². The van der Waals surface area contributed by atoms with Crippen LogP contribution in [0, 0.1) is 23.2 Å². The molecule has 5 heteroatoms. The lowest BCUT2D eigenvalue weighted by molar-refractivity contribution is -0.0745. The number of carbonyl (C=O) groups excluding carboxylic acids is 1. The summed E-state index contributed by atoms with van der Waals surface area (Å²) in [7, 11) is 0. The molecule has 6 rings (SSSR count). The van der Waals surface area contributed by atoms with Crippen molar-refractivity contribution in [2.75, 3.05) is 11.9 Å². The summed E-state index contributed by atoms with van der Waals surface area (Å²) in [6.45, 7) is 0.764. The number of hydrogen-bond donors (Lipinski definition) is 1. The molecule has 4 aliphatic carbocycles. The summed E-state index contributed by atoms with van der Waals surface area (Å²) in [4.78, 5) is 17.3. The average Bonchev–Trinajstić information content (AvgIpc) is 3.09. The summed E-state index contributed by atoms with van der Waals surface area (Å²) < 4.78 is 6.25. The van der Waals surface area contributed by atoms with Crippen molar-refractivity contribution in [3.63, 3.8) is 0 Å². The number of hydrogen-bond acceptors (Lipinski definition) is 4. The van der Waals surface area contributed by atoms with Crippen LogP contribution in [0.3, 0.4) is 0 Å². The highest BCUT2D eigenvalue weighted by Crippen LogP contribution is 2.60. The molecule has 0 aromatic carbocycles. The van der Waals surface area contributed by atoms with Gasteiger partial charge in [-0.25, -0.2) is 0 Å². The van der Waals surface area contributed by atoms with Crippen LogP contribution in [-0.2, 0) is 0 Å². The summed E-state index contributed by atoms with van der Waals surface area (Å²) in [6, 6.07) is 5.59. The predicted molar refractivity (Wildman–Crippen MR) is 103 cm³/mol. The van der Waals surface area contributed by atoms with Gasteiger partial charge in [-0.2, -0.15) is 0 Å². The van der Waals surface area contributed by atoms with Crippen molar-refractivity contribution in [3.05, 3.63) is 40.8 Å². The van der Waals surface area contributed by atoms with Gasteiger partial charge in [-0.15, -0.1) is 11.3 Å². The maximum atomic E-state index is 12.6. The highest BCUT2D eigenvalue weighted by molar-refractivity contribution is 7.12. The molecule has 1 N–H and O–H groups in total. The van der Waals surface area contributed by atoms with E-state index >= 15 is 0 Å². The first kappa shape index (κ1) is 16.3. The van der Waals surface area contributed by atoms with Gasteiger partial charge in [0, 0.05) is 11.6 Å². The fourth-order valence-corrected chi connectivity index (χ4v) is 6.63. The number of pyridine rings is 1. The van der Waals surface area contributed by atoms with Crippen molar-refractivity contribution in [1.29, 1.82) is 0 Å². The first-order valence-corrected chi connectivity index (χ1v) is 10.5. The molecule has 4 bridgehead atoms. The molecule has 2 heterocycles. The normalized spacial score (nSPS) is 31.8. The summed E-state index contributed by atoms with van der Waals surface area (Å²) in [6.07, 6.45) is 11.6. The van der Waals surface area contributed by atoms with Gasteiger partial charge >= 0.3 is 0 Å². The first-order chi connectivity index (χ1) is 12.7. The molecule has 136 valence electrons. The Morgan fingerprint density at radius 2 is 1.92 bits per heavy atom. The Bertz CT molecular complexity index is 766. The summed E-state index contributed by atoms with van der Waals surface area (Å²) in [5.41, 5.74) is 1.06. The molecule has 0 saturated heterocycles. The number of aromatic nitrogens is 1. The molecule has 4 aliphatic rings. The zero-order valence-corrected chi connectivity index (χ0v) is 15.6. The molecule has 2 aromatic rings. The third-order valence-corrected chi connectivity index (χ3v) is 7.35. The number of thiophene rings is 1. The SMILES string of the molecule is O=C(Nc1cccnc1)c1sccc1OCC12CC3CC(CC(C3)C1)C2. The number of anilines is 1. The van der Waals surface area contributed by atoms with Gasteiger partial charge in [0.1, 0.15) is 10.6 Å². The van der Waals surface area contributed by atoms with Gasteiger partial charge in [0.2, 0.25) is 0 Å². The van der Waals surface area contributed by atoms with Gasteiger partial charge in [-0.05, 0) is 79.9 Å².